The van der Waals surface area contributed by atoms with Gasteiger partial charge < -0.3 is 49.1 Å². The van der Waals surface area contributed by atoms with Crippen molar-refractivity contribution in [3.8, 4) is 0 Å². The molecule has 13 N–H and O–H groups in total. The molecule has 4 amide bonds. The zero-order chi connectivity index (χ0) is 25.7. The Kier molecular flexibility index (Phi) is 13.5. The van der Waals surface area contributed by atoms with Crippen molar-refractivity contribution in [1.29, 1.82) is 0 Å². The topological polar surface area (TPSA) is 278 Å². The van der Waals surface area contributed by atoms with Crippen LogP contribution in [-0.4, -0.2) is 88.3 Å². The minimum Gasteiger partial charge on any atom is -0.480 e. The number of rotatable bonds is 15. The molecule has 0 aliphatic carbocycles. The molecule has 0 aliphatic heterocycles. The van der Waals surface area contributed by atoms with Crippen LogP contribution in [0.25, 0.3) is 0 Å². The Morgan fingerprint density at radius 1 is 0.970 bits per heavy atom. The van der Waals surface area contributed by atoms with Gasteiger partial charge in [0.1, 0.15) is 12.1 Å². The molecule has 0 rings (SSSR count). The minimum atomic E-state index is -1.65. The Hall–Kier alpha value is -3.11. The highest BCUT2D eigenvalue weighted by atomic mass is 32.1. The molecule has 33 heavy (non-hydrogen) atoms. The number of guanidine groups is 1. The van der Waals surface area contributed by atoms with Gasteiger partial charge in [-0.3, -0.25) is 24.2 Å². The summed E-state index contributed by atoms with van der Waals surface area (Å²) in [5.74, 6) is -5.29. The zero-order valence-corrected chi connectivity index (χ0v) is 19.0. The number of thiol groups is 1. The second-order valence-electron chi connectivity index (χ2n) is 7.10. The van der Waals surface area contributed by atoms with Gasteiger partial charge in [0.15, 0.2) is 12.0 Å². The summed E-state index contributed by atoms with van der Waals surface area (Å²) in [5.41, 5.74) is 21.2. The highest BCUT2D eigenvalue weighted by molar-refractivity contribution is 7.80. The van der Waals surface area contributed by atoms with Gasteiger partial charge in [-0.1, -0.05) is 0 Å². The van der Waals surface area contributed by atoms with Crippen LogP contribution in [0.4, 0.5) is 0 Å². The highest BCUT2D eigenvalue weighted by Crippen LogP contribution is 2.04. The van der Waals surface area contributed by atoms with Crippen LogP contribution >= 0.6 is 12.6 Å². The molecule has 0 bridgehead atoms. The number of amides is 4. The average Bonchev–Trinajstić information content (AvgIpc) is 2.71. The van der Waals surface area contributed by atoms with Gasteiger partial charge in [-0.25, -0.2) is 4.79 Å². The van der Waals surface area contributed by atoms with Crippen molar-refractivity contribution in [1.82, 2.24) is 16.0 Å². The SMILES string of the molecule is CC(O)C(NC(=O)C(CCCN=C(N)N)NC(=O)C(CC(N)=O)NC(=O)C(N)CS)C(=O)O. The predicted octanol–water partition coefficient (Wildman–Crippen LogP) is -4.91. The molecule has 0 heterocycles. The Bertz CT molecular complexity index is 745. The summed E-state index contributed by atoms with van der Waals surface area (Å²) in [4.78, 5) is 63.8. The van der Waals surface area contributed by atoms with Crippen molar-refractivity contribution < 1.29 is 34.2 Å². The van der Waals surface area contributed by atoms with E-state index in [1.54, 1.807) is 0 Å². The van der Waals surface area contributed by atoms with Gasteiger partial charge in [0.2, 0.25) is 23.6 Å². The standard InChI is InChI=1S/C17H32N8O7S/c1-7(26)12(16(31)32)25-14(29)9(3-2-4-22-17(20)21)23-15(30)10(5-11(19)27)24-13(28)8(18)6-33/h7-10,12,26,33H,2-6,18H2,1H3,(H2,19,27)(H,23,30)(H,24,28)(H,25,29)(H,31,32)(H4,20,21,22). The van der Waals surface area contributed by atoms with Crippen LogP contribution in [0.5, 0.6) is 0 Å². The smallest absolute Gasteiger partial charge is 0.328 e. The number of hydrogen-bond acceptors (Lipinski definition) is 9. The van der Waals surface area contributed by atoms with E-state index in [0.29, 0.717) is 0 Å². The average molecular weight is 493 g/mol. The molecule has 16 heteroatoms. The first-order chi connectivity index (χ1) is 15.3. The van der Waals surface area contributed by atoms with E-state index >= 15 is 0 Å². The fourth-order valence-electron chi connectivity index (χ4n) is 2.46. The van der Waals surface area contributed by atoms with Crippen LogP contribution in [-0.2, 0) is 24.0 Å². The summed E-state index contributed by atoms with van der Waals surface area (Å²) in [5, 5.41) is 25.5. The van der Waals surface area contributed by atoms with E-state index in [1.165, 1.54) is 0 Å². The summed E-state index contributed by atoms with van der Waals surface area (Å²) in [6.45, 7) is 1.26. The van der Waals surface area contributed by atoms with Crippen molar-refractivity contribution >= 4 is 48.2 Å². The highest BCUT2D eigenvalue weighted by Gasteiger charge is 2.32. The molecule has 0 aromatic rings. The lowest BCUT2D eigenvalue weighted by atomic mass is 10.1. The number of nitrogens with one attached hydrogen (secondary N) is 3. The third-order valence-corrected chi connectivity index (χ3v) is 4.59. The number of aliphatic hydroxyl groups is 1. The van der Waals surface area contributed by atoms with Crippen molar-refractivity contribution in [2.45, 2.75) is 56.5 Å². The number of carboxylic acid groups (broad SMARTS) is 1. The second-order valence-corrected chi connectivity index (χ2v) is 7.46. The van der Waals surface area contributed by atoms with E-state index in [9.17, 15) is 29.1 Å². The van der Waals surface area contributed by atoms with E-state index in [-0.39, 0.29) is 31.1 Å². The molecule has 0 spiro atoms. The first-order valence-electron chi connectivity index (χ1n) is 9.82. The minimum absolute atomic E-state index is 0.0392. The molecular formula is C17H32N8O7S. The maximum absolute atomic E-state index is 12.7. The van der Waals surface area contributed by atoms with Crippen LogP contribution < -0.4 is 38.9 Å². The molecule has 0 aliphatic rings. The van der Waals surface area contributed by atoms with Gasteiger partial charge in [-0.2, -0.15) is 12.6 Å². The maximum atomic E-state index is 12.7. The van der Waals surface area contributed by atoms with E-state index in [0.717, 1.165) is 6.92 Å². The predicted molar refractivity (Wildman–Crippen MR) is 121 cm³/mol. The number of aliphatic carboxylic acids is 1. The summed E-state index contributed by atoms with van der Waals surface area (Å²) in [6.07, 6.45) is -1.88. The van der Waals surface area contributed by atoms with E-state index < -0.39 is 66.3 Å². The van der Waals surface area contributed by atoms with Crippen molar-refractivity contribution in [2.24, 2.45) is 27.9 Å². The van der Waals surface area contributed by atoms with Crippen LogP contribution in [0.3, 0.4) is 0 Å². The number of primary amides is 1. The number of carboxylic acids is 1. The van der Waals surface area contributed by atoms with Gasteiger partial charge in [0.25, 0.3) is 0 Å². The Labute approximate surface area is 195 Å². The molecule has 0 radical (unpaired) electrons. The molecular weight excluding hydrogens is 460 g/mol. The zero-order valence-electron chi connectivity index (χ0n) is 18.1. The fraction of sp³-hybridized carbons (Fsp3) is 0.647. The first-order valence-corrected chi connectivity index (χ1v) is 10.5. The number of nitrogens with zero attached hydrogens (tertiary/aromatic N) is 1. The van der Waals surface area contributed by atoms with E-state index in [2.05, 4.69) is 33.6 Å². The monoisotopic (exact) mass is 492 g/mol. The molecule has 0 saturated heterocycles. The Balaban J connectivity index is 5.59. The third kappa shape index (κ3) is 11.9. The first kappa shape index (κ1) is 29.9. The van der Waals surface area contributed by atoms with Crippen LogP contribution in [0.2, 0.25) is 0 Å². The Morgan fingerprint density at radius 2 is 1.52 bits per heavy atom. The summed E-state index contributed by atoms with van der Waals surface area (Å²) in [7, 11) is 0. The van der Waals surface area contributed by atoms with E-state index in [4.69, 9.17) is 28.0 Å². The number of nitrogens with two attached hydrogens (primary N) is 4. The molecule has 5 atom stereocenters. The fourth-order valence-corrected chi connectivity index (χ4v) is 2.63. The van der Waals surface area contributed by atoms with Crippen LogP contribution in [0, 0.1) is 0 Å². The number of carbonyl (C=O) groups excluding carboxylic acids is 4. The number of aliphatic imine (C=N–C) groups is 1. The number of carbonyl (C=O) groups is 5. The third-order valence-electron chi connectivity index (χ3n) is 4.20. The largest absolute Gasteiger partial charge is 0.480 e. The molecule has 188 valence electrons. The van der Waals surface area contributed by atoms with Gasteiger partial charge in [0, 0.05) is 12.3 Å². The maximum Gasteiger partial charge on any atom is 0.328 e. The van der Waals surface area contributed by atoms with Gasteiger partial charge in [0.05, 0.1) is 18.6 Å². The van der Waals surface area contributed by atoms with Crippen LogP contribution in [0.15, 0.2) is 4.99 Å². The van der Waals surface area contributed by atoms with Crippen LogP contribution in [0.1, 0.15) is 26.2 Å². The quantitative estimate of drug-likeness (QED) is 0.0450. The molecule has 0 aromatic heterocycles. The molecule has 0 saturated carbocycles. The summed E-state index contributed by atoms with van der Waals surface area (Å²) < 4.78 is 0. The van der Waals surface area contributed by atoms with Crippen molar-refractivity contribution in [3.05, 3.63) is 0 Å². The normalized spacial score (nSPS) is 15.2. The summed E-state index contributed by atoms with van der Waals surface area (Å²) >= 11 is 3.88. The van der Waals surface area contributed by atoms with Gasteiger partial charge in [-0.15, -0.1) is 0 Å². The lowest BCUT2D eigenvalue weighted by molar-refractivity contribution is -0.145. The molecule has 0 aromatic carbocycles. The number of hydrogen-bond donors (Lipinski definition) is 10. The molecule has 5 unspecified atom stereocenters. The van der Waals surface area contributed by atoms with Gasteiger partial charge in [-0.05, 0) is 19.8 Å². The lowest BCUT2D eigenvalue weighted by Gasteiger charge is -2.25. The molecule has 0 fully saturated rings. The Morgan fingerprint density at radius 3 is 1.97 bits per heavy atom. The summed E-state index contributed by atoms with van der Waals surface area (Å²) in [6, 6.07) is -5.50. The second kappa shape index (κ2) is 14.9. The van der Waals surface area contributed by atoms with Gasteiger partial charge >= 0.3 is 5.97 Å². The van der Waals surface area contributed by atoms with Crippen molar-refractivity contribution in [2.75, 3.05) is 12.3 Å². The number of aliphatic hydroxyl groups excluding tert-OH is 1. The van der Waals surface area contributed by atoms with Crippen molar-refractivity contribution in [3.63, 3.8) is 0 Å². The van der Waals surface area contributed by atoms with E-state index in [1.807, 2.05) is 0 Å². The molecule has 15 nitrogen and oxygen atoms in total. The lowest BCUT2D eigenvalue weighted by Crippen LogP contribution is -2.58.